The van der Waals surface area contributed by atoms with Gasteiger partial charge < -0.3 is 9.47 Å². The summed E-state index contributed by atoms with van der Waals surface area (Å²) in [5.41, 5.74) is 0. The van der Waals surface area contributed by atoms with Gasteiger partial charge in [-0.1, -0.05) is 12.1 Å². The second-order valence-electron chi connectivity index (χ2n) is 4.28. The highest BCUT2D eigenvalue weighted by molar-refractivity contribution is 5.85. The lowest BCUT2D eigenvalue weighted by atomic mass is 10.1. The number of terminal acetylenes is 2. The molecule has 0 saturated carbocycles. The second-order valence-corrected chi connectivity index (χ2v) is 4.28. The van der Waals surface area contributed by atoms with Crippen LogP contribution >= 0.6 is 0 Å². The maximum atomic E-state index is 5.58. The smallest absolute Gasteiger partial charge is 0.119 e. The third-order valence-electron chi connectivity index (χ3n) is 2.81. The third-order valence-corrected chi connectivity index (χ3v) is 2.81. The van der Waals surface area contributed by atoms with Crippen LogP contribution in [0.4, 0.5) is 0 Å². The molecule has 0 heterocycles. The molecular formula is C18H16O2. The van der Waals surface area contributed by atoms with Crippen molar-refractivity contribution in [3.8, 4) is 36.2 Å². The minimum absolute atomic E-state index is 0.528. The van der Waals surface area contributed by atoms with Crippen molar-refractivity contribution < 1.29 is 9.47 Å². The Bertz CT molecular complexity index is 604. The summed E-state index contributed by atoms with van der Waals surface area (Å²) >= 11 is 0. The van der Waals surface area contributed by atoms with Crippen molar-refractivity contribution in [2.45, 2.75) is 12.8 Å². The SMILES string of the molecule is C#CCCOc1ccc2ccc(OCCC#C)cc2c1. The predicted octanol–water partition coefficient (Wildman–Crippen LogP) is 3.64. The van der Waals surface area contributed by atoms with E-state index in [4.69, 9.17) is 22.3 Å². The molecule has 100 valence electrons. The van der Waals surface area contributed by atoms with E-state index in [2.05, 4.69) is 11.8 Å². The Hall–Kier alpha value is -2.58. The number of hydrogen-bond donors (Lipinski definition) is 0. The van der Waals surface area contributed by atoms with E-state index in [0.29, 0.717) is 26.1 Å². The van der Waals surface area contributed by atoms with Gasteiger partial charge in [0.25, 0.3) is 0 Å². The highest BCUT2D eigenvalue weighted by atomic mass is 16.5. The van der Waals surface area contributed by atoms with E-state index in [1.165, 1.54) is 0 Å². The Morgan fingerprint density at radius 2 is 1.25 bits per heavy atom. The molecule has 0 radical (unpaired) electrons. The summed E-state index contributed by atoms with van der Waals surface area (Å²) in [5, 5.41) is 2.21. The first kappa shape index (κ1) is 13.8. The Morgan fingerprint density at radius 1 is 0.750 bits per heavy atom. The van der Waals surface area contributed by atoms with Crippen LogP contribution < -0.4 is 9.47 Å². The number of ether oxygens (including phenoxy) is 2. The van der Waals surface area contributed by atoms with Gasteiger partial charge in [0.15, 0.2) is 0 Å². The van der Waals surface area contributed by atoms with Crippen LogP contribution in [0, 0.1) is 24.7 Å². The molecule has 0 amide bonds. The van der Waals surface area contributed by atoms with E-state index in [1.807, 2.05) is 36.4 Å². The van der Waals surface area contributed by atoms with Crippen LogP contribution in [0.5, 0.6) is 11.5 Å². The quantitative estimate of drug-likeness (QED) is 0.586. The Kier molecular flexibility index (Phi) is 4.93. The number of benzene rings is 2. The van der Waals surface area contributed by atoms with E-state index in [0.717, 1.165) is 22.3 Å². The van der Waals surface area contributed by atoms with Gasteiger partial charge >= 0.3 is 0 Å². The summed E-state index contributed by atoms with van der Waals surface area (Å²) in [6, 6.07) is 11.9. The van der Waals surface area contributed by atoms with Gasteiger partial charge in [-0.3, -0.25) is 0 Å². The Morgan fingerprint density at radius 3 is 1.70 bits per heavy atom. The normalized spacial score (nSPS) is 9.70. The molecule has 2 aromatic carbocycles. The fourth-order valence-corrected chi connectivity index (χ4v) is 1.84. The first-order valence-corrected chi connectivity index (χ1v) is 6.50. The molecule has 2 rings (SSSR count). The second kappa shape index (κ2) is 7.12. The van der Waals surface area contributed by atoms with Crippen LogP contribution in [0.2, 0.25) is 0 Å². The van der Waals surface area contributed by atoms with Crippen molar-refractivity contribution in [1.29, 1.82) is 0 Å². The minimum Gasteiger partial charge on any atom is -0.493 e. The summed E-state index contributed by atoms with van der Waals surface area (Å²) in [4.78, 5) is 0. The molecule has 0 aliphatic carbocycles. The van der Waals surface area contributed by atoms with Crippen molar-refractivity contribution >= 4 is 10.8 Å². The van der Waals surface area contributed by atoms with E-state index >= 15 is 0 Å². The van der Waals surface area contributed by atoms with Crippen LogP contribution in [-0.4, -0.2) is 13.2 Å². The van der Waals surface area contributed by atoms with Gasteiger partial charge in [-0.2, -0.15) is 0 Å². The monoisotopic (exact) mass is 264 g/mol. The number of hydrogen-bond acceptors (Lipinski definition) is 2. The van der Waals surface area contributed by atoms with Crippen molar-refractivity contribution in [3.05, 3.63) is 36.4 Å². The topological polar surface area (TPSA) is 18.5 Å². The van der Waals surface area contributed by atoms with Crippen LogP contribution in [0.3, 0.4) is 0 Å². The Balaban J connectivity index is 2.13. The number of rotatable bonds is 6. The molecule has 0 aliphatic heterocycles. The summed E-state index contributed by atoms with van der Waals surface area (Å²) in [6.45, 7) is 1.06. The molecule has 0 bridgehead atoms. The summed E-state index contributed by atoms with van der Waals surface area (Å²) in [5.74, 6) is 6.73. The first-order valence-electron chi connectivity index (χ1n) is 6.50. The van der Waals surface area contributed by atoms with Gasteiger partial charge in [-0.25, -0.2) is 0 Å². The Labute approximate surface area is 119 Å². The average Bonchev–Trinajstić information content (AvgIpc) is 2.47. The predicted molar refractivity (Wildman–Crippen MR) is 81.8 cm³/mol. The van der Waals surface area contributed by atoms with Gasteiger partial charge in [0, 0.05) is 12.8 Å². The summed E-state index contributed by atoms with van der Waals surface area (Å²) in [6.07, 6.45) is 11.6. The molecule has 0 unspecified atom stereocenters. The van der Waals surface area contributed by atoms with Gasteiger partial charge in [-0.05, 0) is 35.0 Å². The maximum absolute atomic E-state index is 5.58. The third kappa shape index (κ3) is 3.70. The van der Waals surface area contributed by atoms with Gasteiger partial charge in [-0.15, -0.1) is 24.7 Å². The molecule has 0 spiro atoms. The first-order chi connectivity index (χ1) is 9.83. The van der Waals surface area contributed by atoms with Gasteiger partial charge in [0.2, 0.25) is 0 Å². The molecule has 0 atom stereocenters. The molecule has 0 saturated heterocycles. The van der Waals surface area contributed by atoms with Crippen molar-refractivity contribution in [1.82, 2.24) is 0 Å². The maximum Gasteiger partial charge on any atom is 0.119 e. The molecule has 0 aromatic heterocycles. The lowest BCUT2D eigenvalue weighted by molar-refractivity contribution is 0.326. The number of fused-ring (bicyclic) bond motifs is 1. The highest BCUT2D eigenvalue weighted by Gasteiger charge is 2.00. The van der Waals surface area contributed by atoms with Crippen molar-refractivity contribution in [2.75, 3.05) is 13.2 Å². The van der Waals surface area contributed by atoms with Crippen LogP contribution in [0.25, 0.3) is 10.8 Å². The molecule has 2 heteroatoms. The fraction of sp³-hybridized carbons (Fsp3) is 0.222. The van der Waals surface area contributed by atoms with E-state index in [9.17, 15) is 0 Å². The molecule has 2 nitrogen and oxygen atoms in total. The fourth-order valence-electron chi connectivity index (χ4n) is 1.84. The van der Waals surface area contributed by atoms with Crippen LogP contribution in [-0.2, 0) is 0 Å². The van der Waals surface area contributed by atoms with Gasteiger partial charge in [0.1, 0.15) is 11.5 Å². The zero-order valence-electron chi connectivity index (χ0n) is 11.3. The molecule has 20 heavy (non-hydrogen) atoms. The average molecular weight is 264 g/mol. The molecule has 0 aliphatic rings. The largest absolute Gasteiger partial charge is 0.493 e. The summed E-state index contributed by atoms with van der Waals surface area (Å²) < 4.78 is 11.2. The zero-order chi connectivity index (χ0) is 14.2. The summed E-state index contributed by atoms with van der Waals surface area (Å²) in [7, 11) is 0. The highest BCUT2D eigenvalue weighted by Crippen LogP contribution is 2.25. The van der Waals surface area contributed by atoms with Crippen LogP contribution in [0.1, 0.15) is 12.8 Å². The van der Waals surface area contributed by atoms with E-state index in [-0.39, 0.29) is 0 Å². The van der Waals surface area contributed by atoms with E-state index < -0.39 is 0 Å². The van der Waals surface area contributed by atoms with Gasteiger partial charge in [0.05, 0.1) is 13.2 Å². The van der Waals surface area contributed by atoms with Crippen molar-refractivity contribution in [2.24, 2.45) is 0 Å². The van der Waals surface area contributed by atoms with E-state index in [1.54, 1.807) is 0 Å². The minimum atomic E-state index is 0.528. The molecular weight excluding hydrogens is 248 g/mol. The lowest BCUT2D eigenvalue weighted by Gasteiger charge is -2.08. The van der Waals surface area contributed by atoms with Crippen molar-refractivity contribution in [3.63, 3.8) is 0 Å². The standard InChI is InChI=1S/C18H16O2/c1-3-5-11-19-17-9-7-15-8-10-18(14-16(15)13-17)20-12-6-4-2/h1-2,7-10,13-14H,5-6,11-12H2. The lowest BCUT2D eigenvalue weighted by Crippen LogP contribution is -1.96. The molecule has 0 N–H and O–H groups in total. The molecule has 0 fully saturated rings. The molecule has 2 aromatic rings. The van der Waals surface area contributed by atoms with Crippen LogP contribution in [0.15, 0.2) is 36.4 Å². The zero-order valence-corrected chi connectivity index (χ0v) is 11.3.